The van der Waals surface area contributed by atoms with Crippen LogP contribution in [0.4, 0.5) is 0 Å². The Morgan fingerprint density at radius 2 is 1.60 bits per heavy atom. The van der Waals surface area contributed by atoms with Crippen LogP contribution in [-0.4, -0.2) is 17.9 Å². The molecule has 0 heterocycles. The van der Waals surface area contributed by atoms with Crippen LogP contribution in [0.3, 0.4) is 0 Å². The third-order valence-corrected chi connectivity index (χ3v) is 1.95. The van der Waals surface area contributed by atoms with Crippen LogP contribution in [0, 0.1) is 0 Å². The molecule has 0 saturated heterocycles. The maximum atomic E-state index is 11.1. The highest BCUT2D eigenvalue weighted by Gasteiger charge is 2.16. The molecule has 9 heteroatoms. The van der Waals surface area contributed by atoms with Gasteiger partial charge in [0.25, 0.3) is 0 Å². The van der Waals surface area contributed by atoms with Gasteiger partial charge in [-0.2, -0.15) is 0 Å². The standard InChI is InChI=1S/C6H9O6P3/c7-4(10-13)1-3(6(9)12-15)2-5(8)11-14/h1H,2,13-15H2/b3-1-. The minimum atomic E-state index is -0.828. The van der Waals surface area contributed by atoms with Crippen LogP contribution >= 0.6 is 28.4 Å². The lowest BCUT2D eigenvalue weighted by molar-refractivity contribution is -0.136. The molecule has 0 aromatic carbocycles. The van der Waals surface area contributed by atoms with E-state index in [0.717, 1.165) is 6.08 Å². The minimum Gasteiger partial charge on any atom is -0.451 e. The normalized spacial score (nSPS) is 10.5. The second-order valence-corrected chi connectivity index (χ2v) is 2.89. The molecule has 15 heavy (non-hydrogen) atoms. The summed E-state index contributed by atoms with van der Waals surface area (Å²) >= 11 is 0. The molecule has 3 unspecified atom stereocenters. The molecular formula is C6H9O6P3. The van der Waals surface area contributed by atoms with Crippen LogP contribution in [0.1, 0.15) is 6.42 Å². The van der Waals surface area contributed by atoms with Crippen LogP contribution in [0.15, 0.2) is 11.6 Å². The van der Waals surface area contributed by atoms with Crippen molar-refractivity contribution < 1.29 is 28.0 Å². The summed E-state index contributed by atoms with van der Waals surface area (Å²) in [6.07, 6.45) is 0.470. The van der Waals surface area contributed by atoms with Gasteiger partial charge in [0.15, 0.2) is 0 Å². The van der Waals surface area contributed by atoms with Gasteiger partial charge < -0.3 is 13.6 Å². The molecule has 6 nitrogen and oxygen atoms in total. The Morgan fingerprint density at radius 3 is 2.00 bits per heavy atom. The van der Waals surface area contributed by atoms with E-state index in [4.69, 9.17) is 0 Å². The van der Waals surface area contributed by atoms with Crippen LogP contribution in [0.25, 0.3) is 0 Å². The lowest BCUT2D eigenvalue weighted by atomic mass is 10.2. The molecule has 0 radical (unpaired) electrons. The summed E-state index contributed by atoms with van der Waals surface area (Å²) in [4.78, 5) is 32.8. The fraction of sp³-hybridized carbons (Fsp3) is 0.167. The topological polar surface area (TPSA) is 78.9 Å². The molecule has 0 aromatic heterocycles. The summed E-state index contributed by atoms with van der Waals surface area (Å²) in [6, 6.07) is 0. The summed E-state index contributed by atoms with van der Waals surface area (Å²) in [7, 11) is 5.16. The molecule has 0 saturated carbocycles. The van der Waals surface area contributed by atoms with Gasteiger partial charge in [-0.25, -0.2) is 9.59 Å². The van der Waals surface area contributed by atoms with E-state index >= 15 is 0 Å². The minimum absolute atomic E-state index is 0.162. The second-order valence-electron chi connectivity index (χ2n) is 2.18. The molecule has 0 bridgehead atoms. The molecule has 0 fully saturated rings. The molecular weight excluding hydrogens is 261 g/mol. The first-order valence-corrected chi connectivity index (χ1v) is 4.88. The average Bonchev–Trinajstić information content (AvgIpc) is 2.26. The first-order valence-electron chi connectivity index (χ1n) is 3.47. The highest BCUT2D eigenvalue weighted by atomic mass is 31.0. The highest BCUT2D eigenvalue weighted by molar-refractivity contribution is 7.11. The SMILES string of the molecule is O=C(/C=C(/CC(=O)OP)C(=O)OP)OP. The Labute approximate surface area is 92.9 Å². The maximum absolute atomic E-state index is 11.1. The average molecular weight is 270 g/mol. The van der Waals surface area contributed by atoms with Crippen molar-refractivity contribution in [3.8, 4) is 0 Å². The highest BCUT2D eigenvalue weighted by Crippen LogP contribution is 2.10. The van der Waals surface area contributed by atoms with Crippen molar-refractivity contribution >= 4 is 46.3 Å². The fourth-order valence-corrected chi connectivity index (χ4v) is 0.934. The van der Waals surface area contributed by atoms with Crippen LogP contribution in [-0.2, 0) is 28.0 Å². The molecule has 0 aliphatic rings. The van der Waals surface area contributed by atoms with Crippen molar-refractivity contribution in [2.75, 3.05) is 0 Å². The van der Waals surface area contributed by atoms with Crippen LogP contribution in [0.5, 0.6) is 0 Å². The summed E-state index contributed by atoms with van der Waals surface area (Å²) in [5.41, 5.74) is -0.162. The molecule has 0 aromatic rings. The predicted molar refractivity (Wildman–Crippen MR) is 60.1 cm³/mol. The van der Waals surface area contributed by atoms with Gasteiger partial charge in [-0.1, -0.05) is 0 Å². The summed E-state index contributed by atoms with van der Waals surface area (Å²) in [6.45, 7) is 0. The largest absolute Gasteiger partial charge is 0.451 e. The number of carbonyl (C=O) groups excluding carboxylic acids is 3. The van der Waals surface area contributed by atoms with E-state index in [0.29, 0.717) is 0 Å². The van der Waals surface area contributed by atoms with E-state index in [2.05, 4.69) is 13.6 Å². The molecule has 3 atom stereocenters. The van der Waals surface area contributed by atoms with E-state index in [1.54, 1.807) is 28.4 Å². The Kier molecular flexibility index (Phi) is 7.41. The van der Waals surface area contributed by atoms with E-state index < -0.39 is 17.9 Å². The van der Waals surface area contributed by atoms with Gasteiger partial charge in [0, 0.05) is 6.08 Å². The van der Waals surface area contributed by atoms with E-state index in [-0.39, 0.29) is 12.0 Å². The molecule has 0 amide bonds. The number of hydrogen-bond donors (Lipinski definition) is 0. The van der Waals surface area contributed by atoms with Crippen LogP contribution in [0.2, 0.25) is 0 Å². The van der Waals surface area contributed by atoms with Gasteiger partial charge in [-0.05, 0) is 0 Å². The van der Waals surface area contributed by atoms with E-state index in [1.165, 1.54) is 0 Å². The zero-order valence-corrected chi connectivity index (χ0v) is 10.9. The van der Waals surface area contributed by atoms with Gasteiger partial charge in [-0.15, -0.1) is 0 Å². The summed E-state index contributed by atoms with van der Waals surface area (Å²) in [5, 5.41) is 0. The molecule has 84 valence electrons. The lowest BCUT2D eigenvalue weighted by Crippen LogP contribution is -2.10. The number of carbonyl (C=O) groups is 3. The molecule has 0 aliphatic heterocycles. The predicted octanol–water partition coefficient (Wildman–Crippen LogP) is 0.303. The van der Waals surface area contributed by atoms with Gasteiger partial charge in [0.1, 0.15) is 0 Å². The second kappa shape index (κ2) is 7.70. The summed E-state index contributed by atoms with van der Waals surface area (Å²) in [5.74, 6) is -2.31. The first kappa shape index (κ1) is 14.4. The van der Waals surface area contributed by atoms with Crippen LogP contribution < -0.4 is 0 Å². The van der Waals surface area contributed by atoms with Gasteiger partial charge in [0.05, 0.1) is 40.4 Å². The lowest BCUT2D eigenvalue weighted by Gasteiger charge is -2.02. The Morgan fingerprint density at radius 1 is 1.00 bits per heavy atom. The van der Waals surface area contributed by atoms with Crippen molar-refractivity contribution in [2.45, 2.75) is 6.42 Å². The molecule has 0 spiro atoms. The van der Waals surface area contributed by atoms with E-state index in [1.807, 2.05) is 0 Å². The van der Waals surface area contributed by atoms with Crippen molar-refractivity contribution in [1.82, 2.24) is 0 Å². The Hall–Kier alpha value is -0.560. The van der Waals surface area contributed by atoms with Crippen molar-refractivity contribution in [3.05, 3.63) is 11.6 Å². The zero-order chi connectivity index (χ0) is 11.8. The van der Waals surface area contributed by atoms with Crippen molar-refractivity contribution in [3.63, 3.8) is 0 Å². The van der Waals surface area contributed by atoms with Gasteiger partial charge in [0.2, 0.25) is 0 Å². The summed E-state index contributed by atoms with van der Waals surface area (Å²) < 4.78 is 12.8. The van der Waals surface area contributed by atoms with Crippen molar-refractivity contribution in [1.29, 1.82) is 0 Å². The molecule has 0 N–H and O–H groups in total. The third kappa shape index (κ3) is 5.78. The quantitative estimate of drug-likeness (QED) is 0.540. The molecule has 0 aliphatic carbocycles. The van der Waals surface area contributed by atoms with Gasteiger partial charge in [-0.3, -0.25) is 4.79 Å². The number of rotatable bonds is 4. The molecule has 0 rings (SSSR count). The Balaban J connectivity index is 4.73. The third-order valence-electron chi connectivity index (χ3n) is 1.24. The monoisotopic (exact) mass is 270 g/mol. The Bertz CT molecular complexity index is 299. The fourth-order valence-electron chi connectivity index (χ4n) is 0.631. The first-order chi connectivity index (χ1) is 7.04. The zero-order valence-electron chi connectivity index (χ0n) is 7.47. The van der Waals surface area contributed by atoms with Gasteiger partial charge >= 0.3 is 17.9 Å². The van der Waals surface area contributed by atoms with E-state index in [9.17, 15) is 14.4 Å². The number of hydrogen-bond acceptors (Lipinski definition) is 6. The van der Waals surface area contributed by atoms with Crippen molar-refractivity contribution in [2.24, 2.45) is 0 Å². The maximum Gasteiger partial charge on any atom is 0.336 e. The smallest absolute Gasteiger partial charge is 0.336 e.